The molecular weight excluding hydrogens is 214 g/mol. The zero-order valence-electron chi connectivity index (χ0n) is 10.2. The highest BCUT2D eigenvalue weighted by atomic mass is 15.2. The molecular formula is C12H17N5. The average Bonchev–Trinajstić information content (AvgIpc) is 2.77. The van der Waals surface area contributed by atoms with Crippen LogP contribution in [0.15, 0.2) is 24.8 Å². The first-order valence-electron chi connectivity index (χ1n) is 5.83. The van der Waals surface area contributed by atoms with Crippen LogP contribution in [0.25, 0.3) is 5.95 Å². The van der Waals surface area contributed by atoms with Crippen molar-refractivity contribution in [1.82, 2.24) is 24.8 Å². The summed E-state index contributed by atoms with van der Waals surface area (Å²) in [5, 5.41) is 3.32. The van der Waals surface area contributed by atoms with Crippen molar-refractivity contribution in [2.75, 3.05) is 6.54 Å². The highest BCUT2D eigenvalue weighted by Crippen LogP contribution is 2.04. The Labute approximate surface area is 101 Å². The first-order chi connectivity index (χ1) is 8.31. The van der Waals surface area contributed by atoms with E-state index in [1.807, 2.05) is 30.1 Å². The lowest BCUT2D eigenvalue weighted by Gasteiger charge is -2.05. The van der Waals surface area contributed by atoms with E-state index in [-0.39, 0.29) is 0 Å². The zero-order chi connectivity index (χ0) is 12.1. The lowest BCUT2D eigenvalue weighted by Crippen LogP contribution is -2.14. The van der Waals surface area contributed by atoms with E-state index < -0.39 is 0 Å². The van der Waals surface area contributed by atoms with E-state index >= 15 is 0 Å². The van der Waals surface area contributed by atoms with Crippen LogP contribution >= 0.6 is 0 Å². The average molecular weight is 231 g/mol. The number of hydrogen-bond acceptors (Lipinski definition) is 4. The standard InChI is InChI=1S/C12H17N5/c1-3-4-13-7-11-8-15-12(16-9-11)17-6-5-14-10(17)2/h5-6,8-9,13H,3-4,7H2,1-2H3. The van der Waals surface area contributed by atoms with Crippen molar-refractivity contribution >= 4 is 0 Å². The van der Waals surface area contributed by atoms with Crippen molar-refractivity contribution in [3.63, 3.8) is 0 Å². The minimum atomic E-state index is 0.666. The Balaban J connectivity index is 2.06. The summed E-state index contributed by atoms with van der Waals surface area (Å²) in [4.78, 5) is 12.8. The molecule has 0 aromatic carbocycles. The summed E-state index contributed by atoms with van der Waals surface area (Å²) in [6.45, 7) is 5.91. The number of rotatable bonds is 5. The molecule has 0 radical (unpaired) electrons. The Hall–Kier alpha value is -1.75. The van der Waals surface area contributed by atoms with Crippen LogP contribution in [0.5, 0.6) is 0 Å². The van der Waals surface area contributed by atoms with Gasteiger partial charge in [-0.2, -0.15) is 0 Å². The van der Waals surface area contributed by atoms with Gasteiger partial charge in [0, 0.05) is 36.9 Å². The SMILES string of the molecule is CCCNCc1cnc(-n2ccnc2C)nc1. The van der Waals surface area contributed by atoms with Crippen molar-refractivity contribution in [3.8, 4) is 5.95 Å². The van der Waals surface area contributed by atoms with Gasteiger partial charge in [0.1, 0.15) is 5.82 Å². The highest BCUT2D eigenvalue weighted by Gasteiger charge is 2.02. The smallest absolute Gasteiger partial charge is 0.235 e. The van der Waals surface area contributed by atoms with Crippen LogP contribution in [0, 0.1) is 6.92 Å². The van der Waals surface area contributed by atoms with Crippen molar-refractivity contribution in [2.24, 2.45) is 0 Å². The molecule has 0 fully saturated rings. The van der Waals surface area contributed by atoms with Crippen LogP contribution in [-0.4, -0.2) is 26.1 Å². The molecule has 0 amide bonds. The molecule has 2 heterocycles. The minimum absolute atomic E-state index is 0.666. The monoisotopic (exact) mass is 231 g/mol. The molecule has 5 nitrogen and oxygen atoms in total. The van der Waals surface area contributed by atoms with Gasteiger partial charge in [0.2, 0.25) is 5.95 Å². The van der Waals surface area contributed by atoms with Gasteiger partial charge in [-0.1, -0.05) is 6.92 Å². The van der Waals surface area contributed by atoms with Gasteiger partial charge in [-0.3, -0.25) is 4.57 Å². The zero-order valence-corrected chi connectivity index (χ0v) is 10.2. The van der Waals surface area contributed by atoms with Gasteiger partial charge in [-0.05, 0) is 19.9 Å². The Morgan fingerprint density at radius 1 is 1.24 bits per heavy atom. The second kappa shape index (κ2) is 5.54. The summed E-state index contributed by atoms with van der Waals surface area (Å²) < 4.78 is 1.86. The summed E-state index contributed by atoms with van der Waals surface area (Å²) in [5.41, 5.74) is 1.10. The Bertz CT molecular complexity index is 460. The first-order valence-corrected chi connectivity index (χ1v) is 5.83. The molecule has 0 unspecified atom stereocenters. The molecule has 0 saturated heterocycles. The number of hydrogen-bond donors (Lipinski definition) is 1. The second-order valence-corrected chi connectivity index (χ2v) is 3.91. The van der Waals surface area contributed by atoms with Crippen LogP contribution in [-0.2, 0) is 6.54 Å². The Kier molecular flexibility index (Phi) is 3.82. The molecule has 17 heavy (non-hydrogen) atoms. The fourth-order valence-electron chi connectivity index (χ4n) is 1.56. The Morgan fingerprint density at radius 3 is 2.59 bits per heavy atom. The van der Waals surface area contributed by atoms with Gasteiger partial charge in [0.25, 0.3) is 0 Å². The van der Waals surface area contributed by atoms with Crippen LogP contribution in [0.4, 0.5) is 0 Å². The van der Waals surface area contributed by atoms with Crippen LogP contribution in [0.2, 0.25) is 0 Å². The number of aromatic nitrogens is 4. The molecule has 0 aliphatic carbocycles. The largest absolute Gasteiger partial charge is 0.313 e. The van der Waals surface area contributed by atoms with Crippen molar-refractivity contribution in [3.05, 3.63) is 36.2 Å². The normalized spacial score (nSPS) is 10.7. The molecule has 0 spiro atoms. The number of imidazole rings is 1. The summed E-state index contributed by atoms with van der Waals surface area (Å²) in [6, 6.07) is 0. The molecule has 5 heteroatoms. The summed E-state index contributed by atoms with van der Waals surface area (Å²) in [7, 11) is 0. The van der Waals surface area contributed by atoms with Gasteiger partial charge in [-0.25, -0.2) is 15.0 Å². The molecule has 0 bridgehead atoms. The molecule has 0 aliphatic rings. The third kappa shape index (κ3) is 2.88. The molecule has 1 N–H and O–H groups in total. The second-order valence-electron chi connectivity index (χ2n) is 3.91. The fourth-order valence-corrected chi connectivity index (χ4v) is 1.56. The van der Waals surface area contributed by atoms with Gasteiger partial charge in [0.05, 0.1) is 0 Å². The summed E-state index contributed by atoms with van der Waals surface area (Å²) in [5.74, 6) is 1.56. The maximum Gasteiger partial charge on any atom is 0.235 e. The lowest BCUT2D eigenvalue weighted by atomic mass is 10.3. The van der Waals surface area contributed by atoms with Crippen molar-refractivity contribution in [1.29, 1.82) is 0 Å². The summed E-state index contributed by atoms with van der Waals surface area (Å²) >= 11 is 0. The van der Waals surface area contributed by atoms with E-state index in [0.717, 1.165) is 30.9 Å². The van der Waals surface area contributed by atoms with E-state index in [1.165, 1.54) is 0 Å². The van der Waals surface area contributed by atoms with Gasteiger partial charge in [0.15, 0.2) is 0 Å². The lowest BCUT2D eigenvalue weighted by molar-refractivity contribution is 0.670. The topological polar surface area (TPSA) is 55.6 Å². The molecule has 90 valence electrons. The van der Waals surface area contributed by atoms with Crippen LogP contribution in [0.1, 0.15) is 24.7 Å². The maximum absolute atomic E-state index is 4.33. The minimum Gasteiger partial charge on any atom is -0.313 e. The molecule has 2 rings (SSSR count). The highest BCUT2D eigenvalue weighted by molar-refractivity contribution is 5.17. The predicted molar refractivity (Wildman–Crippen MR) is 65.9 cm³/mol. The first kappa shape index (κ1) is 11.7. The number of nitrogens with zero attached hydrogens (tertiary/aromatic N) is 4. The third-order valence-electron chi connectivity index (χ3n) is 2.49. The quantitative estimate of drug-likeness (QED) is 0.792. The maximum atomic E-state index is 4.33. The van der Waals surface area contributed by atoms with E-state index in [9.17, 15) is 0 Å². The number of nitrogens with one attached hydrogen (secondary N) is 1. The third-order valence-corrected chi connectivity index (χ3v) is 2.49. The van der Waals surface area contributed by atoms with E-state index in [0.29, 0.717) is 5.95 Å². The van der Waals surface area contributed by atoms with Gasteiger partial charge >= 0.3 is 0 Å². The molecule has 2 aromatic rings. The van der Waals surface area contributed by atoms with E-state index in [2.05, 4.69) is 27.2 Å². The molecule has 0 saturated carbocycles. The van der Waals surface area contributed by atoms with E-state index in [1.54, 1.807) is 6.20 Å². The Morgan fingerprint density at radius 2 is 2.00 bits per heavy atom. The van der Waals surface area contributed by atoms with Crippen LogP contribution < -0.4 is 5.32 Å². The summed E-state index contributed by atoms with van der Waals surface area (Å²) in [6.07, 6.45) is 8.44. The van der Waals surface area contributed by atoms with Gasteiger partial charge in [-0.15, -0.1) is 0 Å². The molecule has 2 aromatic heterocycles. The number of aryl methyl sites for hydroxylation is 1. The predicted octanol–water partition coefficient (Wildman–Crippen LogP) is 1.47. The van der Waals surface area contributed by atoms with Crippen LogP contribution in [0.3, 0.4) is 0 Å². The fraction of sp³-hybridized carbons (Fsp3) is 0.417. The molecule has 0 atom stereocenters. The van der Waals surface area contributed by atoms with Crippen molar-refractivity contribution in [2.45, 2.75) is 26.8 Å². The van der Waals surface area contributed by atoms with Gasteiger partial charge < -0.3 is 5.32 Å². The van der Waals surface area contributed by atoms with Crippen molar-refractivity contribution < 1.29 is 0 Å². The van der Waals surface area contributed by atoms with E-state index in [4.69, 9.17) is 0 Å². The molecule has 0 aliphatic heterocycles.